The summed E-state index contributed by atoms with van der Waals surface area (Å²) in [7, 11) is 1.48. The van der Waals surface area contributed by atoms with Crippen molar-refractivity contribution < 1.29 is 9.53 Å². The summed E-state index contributed by atoms with van der Waals surface area (Å²) in [5, 5.41) is 6.07. The minimum atomic E-state index is -0.429. The lowest BCUT2D eigenvalue weighted by atomic mass is 10.2. The van der Waals surface area contributed by atoms with Gasteiger partial charge in [-0.25, -0.2) is 4.99 Å². The van der Waals surface area contributed by atoms with Gasteiger partial charge in [0, 0.05) is 39.4 Å². The van der Waals surface area contributed by atoms with E-state index in [4.69, 9.17) is 4.74 Å². The fourth-order valence-electron chi connectivity index (χ4n) is 2.13. The Morgan fingerprint density at radius 2 is 2.33 bits per heavy atom. The molecule has 0 aromatic carbocycles. The Bertz CT molecular complexity index is 538. The van der Waals surface area contributed by atoms with E-state index < -0.39 is 5.91 Å². The normalized spacial score (nSPS) is 15.5. The minimum Gasteiger partial charge on any atom is -0.444 e. The van der Waals surface area contributed by atoms with Gasteiger partial charge < -0.3 is 20.3 Å². The molecule has 1 saturated heterocycles. The number of nitrogens with zero attached hydrogens (tertiary/aromatic N) is 3. The summed E-state index contributed by atoms with van der Waals surface area (Å²) < 4.78 is 4.97. The van der Waals surface area contributed by atoms with Crippen LogP contribution in [-0.2, 0) is 9.53 Å². The standard InChI is InChI=1S/C14H19N5O2/c1-3-21-14(15-2)13(20)18-11-10-17-5-4-12(11)19-8-6-16-7-9-19/h3-5,10,16H,1,6-9H2,2H3,(H,18,20). The van der Waals surface area contributed by atoms with Gasteiger partial charge in [0.2, 0.25) is 0 Å². The smallest absolute Gasteiger partial charge is 0.311 e. The number of carbonyl (C=O) groups excluding carboxylic acids is 1. The molecule has 0 spiro atoms. The van der Waals surface area contributed by atoms with Crippen molar-refractivity contribution >= 4 is 23.2 Å². The van der Waals surface area contributed by atoms with Crippen molar-refractivity contribution in [3.05, 3.63) is 31.3 Å². The number of hydrogen-bond acceptors (Lipinski definition) is 6. The average molecular weight is 289 g/mol. The van der Waals surface area contributed by atoms with Gasteiger partial charge in [0.25, 0.3) is 5.90 Å². The molecule has 2 heterocycles. The van der Waals surface area contributed by atoms with Gasteiger partial charge in [-0.1, -0.05) is 6.58 Å². The van der Waals surface area contributed by atoms with Crippen LogP contribution in [0.4, 0.5) is 11.4 Å². The second kappa shape index (κ2) is 7.39. The van der Waals surface area contributed by atoms with Gasteiger partial charge in [0.05, 0.1) is 23.8 Å². The maximum Gasteiger partial charge on any atom is 0.311 e. The van der Waals surface area contributed by atoms with Crippen LogP contribution < -0.4 is 15.5 Å². The van der Waals surface area contributed by atoms with E-state index in [1.165, 1.54) is 13.3 Å². The number of carbonyl (C=O) groups is 1. The molecule has 0 unspecified atom stereocenters. The second-order valence-electron chi connectivity index (χ2n) is 4.40. The summed E-state index contributed by atoms with van der Waals surface area (Å²) >= 11 is 0. The van der Waals surface area contributed by atoms with Crippen LogP contribution >= 0.6 is 0 Å². The van der Waals surface area contributed by atoms with Crippen molar-refractivity contribution in [2.75, 3.05) is 43.4 Å². The zero-order chi connectivity index (χ0) is 15.1. The van der Waals surface area contributed by atoms with E-state index in [-0.39, 0.29) is 5.90 Å². The number of amides is 1. The molecular weight excluding hydrogens is 270 g/mol. The van der Waals surface area contributed by atoms with Crippen molar-refractivity contribution in [1.82, 2.24) is 10.3 Å². The molecule has 0 atom stereocenters. The molecule has 1 aliphatic rings. The number of piperazine rings is 1. The molecule has 1 aromatic heterocycles. The Balaban J connectivity index is 2.16. The highest BCUT2D eigenvalue weighted by Gasteiger charge is 2.18. The molecule has 1 amide bonds. The number of anilines is 2. The highest BCUT2D eigenvalue weighted by Crippen LogP contribution is 2.24. The Hall–Kier alpha value is -2.41. The van der Waals surface area contributed by atoms with E-state index in [9.17, 15) is 4.79 Å². The highest BCUT2D eigenvalue weighted by atomic mass is 16.5. The monoisotopic (exact) mass is 289 g/mol. The predicted molar refractivity (Wildman–Crippen MR) is 82.6 cm³/mol. The molecule has 0 radical (unpaired) electrons. The Morgan fingerprint density at radius 1 is 1.57 bits per heavy atom. The summed E-state index contributed by atoms with van der Waals surface area (Å²) in [5.74, 6) is -0.470. The predicted octanol–water partition coefficient (Wildman–Crippen LogP) is 0.618. The maximum absolute atomic E-state index is 12.1. The van der Waals surface area contributed by atoms with Crippen molar-refractivity contribution in [2.24, 2.45) is 4.99 Å². The molecule has 112 valence electrons. The highest BCUT2D eigenvalue weighted by molar-refractivity contribution is 6.40. The first-order valence-electron chi connectivity index (χ1n) is 6.71. The first kappa shape index (κ1) is 15.0. The van der Waals surface area contributed by atoms with E-state index in [1.807, 2.05) is 6.07 Å². The van der Waals surface area contributed by atoms with Crippen molar-refractivity contribution in [3.63, 3.8) is 0 Å². The van der Waals surface area contributed by atoms with Gasteiger partial charge in [-0.15, -0.1) is 0 Å². The van der Waals surface area contributed by atoms with Crippen molar-refractivity contribution in [1.29, 1.82) is 0 Å². The largest absolute Gasteiger partial charge is 0.444 e. The Kier molecular flexibility index (Phi) is 5.28. The molecule has 1 aliphatic heterocycles. The SMILES string of the molecule is C=COC(=NC)C(=O)Nc1cnccc1N1CCNCC1. The molecule has 21 heavy (non-hydrogen) atoms. The molecule has 0 bridgehead atoms. The topological polar surface area (TPSA) is 78.8 Å². The van der Waals surface area contributed by atoms with E-state index in [1.54, 1.807) is 12.4 Å². The third-order valence-electron chi connectivity index (χ3n) is 3.10. The third-order valence-corrected chi connectivity index (χ3v) is 3.10. The summed E-state index contributed by atoms with van der Waals surface area (Å²) in [6.07, 6.45) is 4.50. The zero-order valence-electron chi connectivity index (χ0n) is 12.0. The quantitative estimate of drug-likeness (QED) is 0.484. The second-order valence-corrected chi connectivity index (χ2v) is 4.40. The maximum atomic E-state index is 12.1. The van der Waals surface area contributed by atoms with Gasteiger partial charge in [0.1, 0.15) is 0 Å². The first-order valence-corrected chi connectivity index (χ1v) is 6.71. The minimum absolute atomic E-state index is 0.0416. The lowest BCUT2D eigenvalue weighted by Gasteiger charge is -2.30. The molecule has 2 N–H and O–H groups in total. The number of pyridine rings is 1. The lowest BCUT2D eigenvalue weighted by molar-refractivity contribution is -0.111. The van der Waals surface area contributed by atoms with E-state index >= 15 is 0 Å². The molecule has 2 rings (SSSR count). The molecule has 1 aromatic rings. The lowest BCUT2D eigenvalue weighted by Crippen LogP contribution is -2.44. The number of rotatable bonds is 3. The van der Waals surface area contributed by atoms with Gasteiger partial charge >= 0.3 is 5.91 Å². The van der Waals surface area contributed by atoms with Crippen LogP contribution in [0.5, 0.6) is 0 Å². The number of aromatic nitrogens is 1. The zero-order valence-corrected chi connectivity index (χ0v) is 12.0. The molecule has 0 aliphatic carbocycles. The van der Waals surface area contributed by atoms with Crippen LogP contribution in [0.1, 0.15) is 0 Å². The fourth-order valence-corrected chi connectivity index (χ4v) is 2.13. The number of nitrogens with one attached hydrogen (secondary N) is 2. The molecule has 0 saturated carbocycles. The van der Waals surface area contributed by atoms with Crippen molar-refractivity contribution in [2.45, 2.75) is 0 Å². The summed E-state index contributed by atoms with van der Waals surface area (Å²) in [4.78, 5) is 22.1. The Labute approximate surface area is 123 Å². The van der Waals surface area contributed by atoms with Gasteiger partial charge in [0.15, 0.2) is 0 Å². The molecule has 1 fully saturated rings. The summed E-state index contributed by atoms with van der Waals surface area (Å²) in [5.41, 5.74) is 1.58. The molecular formula is C14H19N5O2. The number of aliphatic imine (C=N–C) groups is 1. The van der Waals surface area contributed by atoms with Gasteiger partial charge in [-0.2, -0.15) is 0 Å². The van der Waals surface area contributed by atoms with Crippen LogP contribution in [0.2, 0.25) is 0 Å². The number of ether oxygens (including phenoxy) is 1. The summed E-state index contributed by atoms with van der Waals surface area (Å²) in [6, 6.07) is 1.89. The molecule has 7 nitrogen and oxygen atoms in total. The van der Waals surface area contributed by atoms with Gasteiger partial charge in [-0.3, -0.25) is 9.78 Å². The number of hydrogen-bond donors (Lipinski definition) is 2. The van der Waals surface area contributed by atoms with E-state index in [0.717, 1.165) is 31.9 Å². The van der Waals surface area contributed by atoms with Crippen LogP contribution in [-0.4, -0.2) is 50.0 Å². The van der Waals surface area contributed by atoms with E-state index in [0.29, 0.717) is 5.69 Å². The van der Waals surface area contributed by atoms with Crippen LogP contribution in [0.25, 0.3) is 0 Å². The van der Waals surface area contributed by atoms with Crippen LogP contribution in [0.3, 0.4) is 0 Å². The third kappa shape index (κ3) is 3.79. The van der Waals surface area contributed by atoms with Crippen LogP contribution in [0, 0.1) is 0 Å². The van der Waals surface area contributed by atoms with Gasteiger partial charge in [-0.05, 0) is 6.07 Å². The first-order chi connectivity index (χ1) is 10.3. The summed E-state index contributed by atoms with van der Waals surface area (Å²) in [6.45, 7) is 7.01. The molecule has 7 heteroatoms. The van der Waals surface area contributed by atoms with E-state index in [2.05, 4.69) is 32.1 Å². The van der Waals surface area contributed by atoms with Crippen LogP contribution in [0.15, 0.2) is 36.3 Å². The van der Waals surface area contributed by atoms with Crippen molar-refractivity contribution in [3.8, 4) is 0 Å². The average Bonchev–Trinajstić information content (AvgIpc) is 2.54. The Morgan fingerprint density at radius 3 is 3.00 bits per heavy atom. The fraction of sp³-hybridized carbons (Fsp3) is 0.357.